The summed E-state index contributed by atoms with van der Waals surface area (Å²) in [5, 5.41) is 6.07. The molecule has 0 radical (unpaired) electrons. The Morgan fingerprint density at radius 2 is 1.60 bits per heavy atom. The molecule has 0 saturated heterocycles. The number of methoxy groups -OCH3 is 1. The zero-order chi connectivity index (χ0) is 25.1. The average molecular weight is 600 g/mol. The number of nitrogens with zero attached hydrogens (tertiary/aromatic N) is 1. The number of fused-ring (bicyclic) bond motifs is 1. The number of nitrogens with one attached hydrogen (secondary N) is 3. The van der Waals surface area contributed by atoms with Gasteiger partial charge in [0, 0.05) is 20.0 Å². The molecule has 0 aliphatic rings. The van der Waals surface area contributed by atoms with E-state index in [1.807, 2.05) is 25.1 Å². The zero-order valence-corrected chi connectivity index (χ0v) is 21.9. The Morgan fingerprint density at radius 1 is 0.857 bits per heavy atom. The van der Waals surface area contributed by atoms with Gasteiger partial charge in [-0.15, -0.1) is 0 Å². The molecule has 0 aliphatic heterocycles. The van der Waals surface area contributed by atoms with Crippen LogP contribution in [0.15, 0.2) is 75.7 Å². The maximum absolute atomic E-state index is 13.2. The van der Waals surface area contributed by atoms with Crippen molar-refractivity contribution in [1.29, 1.82) is 0 Å². The summed E-state index contributed by atoms with van der Waals surface area (Å²) in [5.74, 6) is -1.67. The molecule has 0 atom stereocenters. The van der Waals surface area contributed by atoms with Gasteiger partial charge in [-0.25, -0.2) is 4.68 Å². The molecule has 10 heteroatoms. The van der Waals surface area contributed by atoms with Gasteiger partial charge in [-0.1, -0.05) is 22.0 Å². The zero-order valence-electron chi connectivity index (χ0n) is 18.7. The fourth-order valence-electron chi connectivity index (χ4n) is 3.40. The number of amides is 3. The predicted octanol–water partition coefficient (Wildman–Crippen LogP) is 5.44. The third-order valence-electron chi connectivity index (χ3n) is 5.14. The summed E-state index contributed by atoms with van der Waals surface area (Å²) in [6, 6.07) is 19.1. The lowest BCUT2D eigenvalue weighted by molar-refractivity contribution is -0.133. The highest BCUT2D eigenvalue weighted by Gasteiger charge is 2.21. The van der Waals surface area contributed by atoms with Crippen LogP contribution in [0.1, 0.15) is 16.1 Å². The number of halogens is 2. The monoisotopic (exact) mass is 598 g/mol. The third-order valence-corrected chi connectivity index (χ3v) is 6.29. The second-order valence-electron chi connectivity index (χ2n) is 7.63. The van der Waals surface area contributed by atoms with Crippen molar-refractivity contribution >= 4 is 71.9 Å². The van der Waals surface area contributed by atoms with Gasteiger partial charge in [-0.05, 0) is 89.1 Å². The molecule has 0 saturated carbocycles. The topological polar surface area (TPSA) is 101 Å². The van der Waals surface area contributed by atoms with Crippen molar-refractivity contribution in [3.8, 4) is 5.75 Å². The third kappa shape index (κ3) is 5.55. The van der Waals surface area contributed by atoms with E-state index in [-0.39, 0.29) is 5.69 Å². The first-order chi connectivity index (χ1) is 16.7. The number of aryl methyl sites for hydroxylation is 1. The molecule has 178 valence electrons. The summed E-state index contributed by atoms with van der Waals surface area (Å²) in [6.07, 6.45) is 0. The molecule has 0 bridgehead atoms. The van der Waals surface area contributed by atoms with Crippen molar-refractivity contribution in [2.45, 2.75) is 6.92 Å². The van der Waals surface area contributed by atoms with Gasteiger partial charge in [0.25, 0.3) is 5.91 Å². The van der Waals surface area contributed by atoms with Gasteiger partial charge >= 0.3 is 11.8 Å². The molecule has 0 spiro atoms. The maximum Gasteiger partial charge on any atom is 0.328 e. The number of carbonyl (C=O) groups excluding carboxylic acids is 3. The van der Waals surface area contributed by atoms with Gasteiger partial charge in [-0.3, -0.25) is 19.8 Å². The average Bonchev–Trinajstić information content (AvgIpc) is 3.18. The molecule has 1 aromatic heterocycles. The Morgan fingerprint density at radius 3 is 2.29 bits per heavy atom. The fourth-order valence-corrected chi connectivity index (χ4v) is 4.37. The highest BCUT2D eigenvalue weighted by atomic mass is 79.9. The Bertz CT molecular complexity index is 1450. The molecule has 4 aromatic rings. The van der Waals surface area contributed by atoms with E-state index >= 15 is 0 Å². The maximum atomic E-state index is 13.2. The van der Waals surface area contributed by atoms with Crippen LogP contribution < -0.4 is 20.8 Å². The Labute approximate surface area is 217 Å². The quantitative estimate of drug-likeness (QED) is 0.266. The van der Waals surface area contributed by atoms with E-state index in [1.54, 1.807) is 48.5 Å². The van der Waals surface area contributed by atoms with Crippen molar-refractivity contribution in [1.82, 2.24) is 4.68 Å². The van der Waals surface area contributed by atoms with E-state index in [2.05, 4.69) is 47.9 Å². The number of hydrogen-bond acceptors (Lipinski definition) is 4. The van der Waals surface area contributed by atoms with Gasteiger partial charge in [0.15, 0.2) is 0 Å². The van der Waals surface area contributed by atoms with Gasteiger partial charge in [0.1, 0.15) is 11.4 Å². The van der Waals surface area contributed by atoms with Crippen LogP contribution >= 0.6 is 31.9 Å². The van der Waals surface area contributed by atoms with Crippen molar-refractivity contribution in [3.63, 3.8) is 0 Å². The normalized spacial score (nSPS) is 10.6. The molecule has 0 aliphatic carbocycles. The number of aromatic nitrogens is 1. The first-order valence-corrected chi connectivity index (χ1v) is 12.0. The van der Waals surface area contributed by atoms with Gasteiger partial charge in [-0.2, -0.15) is 0 Å². The number of benzene rings is 3. The summed E-state index contributed by atoms with van der Waals surface area (Å²) < 4.78 is 7.92. The van der Waals surface area contributed by atoms with Crippen LogP contribution in [0.25, 0.3) is 10.9 Å². The Balaban J connectivity index is 1.61. The standard InChI is InChI=1S/C25H20Br2N4O4/c1-14-3-9-20(19(27)11-14)29-23(32)22-13-15-12-16(26)4-10-21(15)31(22)30-25(34)24(33)28-17-5-7-18(35-2)8-6-17/h3-13H,1-2H3,(H,28,33)(H,29,32)(H,30,34). The lowest BCUT2D eigenvalue weighted by atomic mass is 10.2. The largest absolute Gasteiger partial charge is 0.497 e. The van der Waals surface area contributed by atoms with Crippen LogP contribution in [0, 0.1) is 6.92 Å². The van der Waals surface area contributed by atoms with Gasteiger partial charge in [0.05, 0.1) is 18.3 Å². The van der Waals surface area contributed by atoms with E-state index in [0.717, 1.165) is 14.5 Å². The van der Waals surface area contributed by atoms with Crippen molar-refractivity contribution in [3.05, 3.63) is 86.9 Å². The van der Waals surface area contributed by atoms with E-state index in [0.29, 0.717) is 28.0 Å². The molecule has 1 heterocycles. The summed E-state index contributed by atoms with van der Waals surface area (Å²) in [4.78, 5) is 38.5. The number of hydrogen-bond donors (Lipinski definition) is 3. The number of carbonyl (C=O) groups is 3. The SMILES string of the molecule is COc1ccc(NC(=O)C(=O)Nn2c(C(=O)Nc3ccc(C)cc3Br)cc3cc(Br)ccc32)cc1. The predicted molar refractivity (Wildman–Crippen MR) is 142 cm³/mol. The van der Waals surface area contributed by atoms with Crippen molar-refractivity contribution in [2.24, 2.45) is 0 Å². The van der Waals surface area contributed by atoms with Crippen LogP contribution in [0.4, 0.5) is 11.4 Å². The van der Waals surface area contributed by atoms with Crippen LogP contribution in [0.3, 0.4) is 0 Å². The van der Waals surface area contributed by atoms with Crippen LogP contribution in [0.5, 0.6) is 5.75 Å². The molecule has 4 rings (SSSR count). The molecular formula is C25H20Br2N4O4. The molecule has 3 amide bonds. The van der Waals surface area contributed by atoms with Crippen molar-refractivity contribution in [2.75, 3.05) is 23.2 Å². The van der Waals surface area contributed by atoms with Crippen LogP contribution in [-0.4, -0.2) is 29.5 Å². The molecule has 3 aromatic carbocycles. The van der Waals surface area contributed by atoms with Crippen LogP contribution in [0.2, 0.25) is 0 Å². The molecule has 3 N–H and O–H groups in total. The minimum absolute atomic E-state index is 0.149. The fraction of sp³-hybridized carbons (Fsp3) is 0.0800. The van der Waals surface area contributed by atoms with Crippen molar-refractivity contribution < 1.29 is 19.1 Å². The van der Waals surface area contributed by atoms with E-state index in [4.69, 9.17) is 4.74 Å². The summed E-state index contributed by atoms with van der Waals surface area (Å²) in [6.45, 7) is 1.94. The van der Waals surface area contributed by atoms with Crippen LogP contribution in [-0.2, 0) is 9.59 Å². The molecule has 0 unspecified atom stereocenters. The molecular weight excluding hydrogens is 580 g/mol. The summed E-state index contributed by atoms with van der Waals surface area (Å²) in [5.41, 5.74) is 5.26. The van der Waals surface area contributed by atoms with Gasteiger partial charge < -0.3 is 15.4 Å². The second kappa shape index (κ2) is 10.3. The Hall–Kier alpha value is -3.63. The minimum Gasteiger partial charge on any atom is -0.497 e. The van der Waals surface area contributed by atoms with Gasteiger partial charge in [0.2, 0.25) is 0 Å². The highest BCUT2D eigenvalue weighted by Crippen LogP contribution is 2.27. The number of ether oxygens (including phenoxy) is 1. The first kappa shape index (κ1) is 24.5. The molecule has 8 nitrogen and oxygen atoms in total. The summed E-state index contributed by atoms with van der Waals surface area (Å²) >= 11 is 6.87. The smallest absolute Gasteiger partial charge is 0.328 e. The summed E-state index contributed by atoms with van der Waals surface area (Å²) in [7, 11) is 1.53. The Kier molecular flexibility index (Phi) is 7.23. The molecule has 0 fully saturated rings. The van der Waals surface area contributed by atoms with E-state index < -0.39 is 17.7 Å². The minimum atomic E-state index is -0.938. The molecule has 35 heavy (non-hydrogen) atoms. The highest BCUT2D eigenvalue weighted by molar-refractivity contribution is 9.10. The second-order valence-corrected chi connectivity index (χ2v) is 9.40. The van der Waals surface area contributed by atoms with E-state index in [1.165, 1.54) is 11.8 Å². The number of anilines is 2. The lowest BCUT2D eigenvalue weighted by Gasteiger charge is -2.13. The number of rotatable bonds is 5. The first-order valence-electron chi connectivity index (χ1n) is 10.4. The van der Waals surface area contributed by atoms with E-state index in [9.17, 15) is 14.4 Å². The lowest BCUT2D eigenvalue weighted by Crippen LogP contribution is -2.36.